The molecule has 0 heterocycles. The monoisotopic (exact) mass is 266 g/mol. The predicted molar refractivity (Wildman–Crippen MR) is 73.8 cm³/mol. The molecule has 0 bridgehead atoms. The first-order valence-electron chi connectivity index (χ1n) is 7.34. The zero-order chi connectivity index (χ0) is 13.9. The van der Waals surface area contributed by atoms with Gasteiger partial charge in [-0.05, 0) is 46.0 Å². The van der Waals surface area contributed by atoms with Crippen LogP contribution in [-0.4, -0.2) is 37.0 Å². The second-order valence-corrected chi connectivity index (χ2v) is 6.56. The van der Waals surface area contributed by atoms with Gasteiger partial charge < -0.3 is 9.47 Å². The van der Waals surface area contributed by atoms with Crippen molar-refractivity contribution in [2.24, 2.45) is 0 Å². The van der Waals surface area contributed by atoms with Crippen molar-refractivity contribution < 1.29 is 9.47 Å². The van der Waals surface area contributed by atoms with Crippen LogP contribution in [0.4, 0.5) is 0 Å². The molecule has 0 aromatic carbocycles. The van der Waals surface area contributed by atoms with E-state index in [9.17, 15) is 5.26 Å². The molecule has 108 valence electrons. The van der Waals surface area contributed by atoms with Crippen LogP contribution >= 0.6 is 0 Å². The van der Waals surface area contributed by atoms with E-state index in [0.29, 0.717) is 12.6 Å². The van der Waals surface area contributed by atoms with Gasteiger partial charge in [-0.25, -0.2) is 0 Å². The molecule has 0 saturated heterocycles. The molecule has 2 aliphatic rings. The Bertz CT molecular complexity index is 347. The molecule has 4 nitrogen and oxygen atoms in total. The van der Waals surface area contributed by atoms with Gasteiger partial charge in [0, 0.05) is 26.2 Å². The van der Waals surface area contributed by atoms with Crippen LogP contribution in [0, 0.1) is 11.3 Å². The highest BCUT2D eigenvalue weighted by atomic mass is 16.5. The first kappa shape index (κ1) is 14.8. The van der Waals surface area contributed by atoms with Crippen LogP contribution in [0.3, 0.4) is 0 Å². The van der Waals surface area contributed by atoms with Gasteiger partial charge in [-0.15, -0.1) is 0 Å². The molecule has 0 radical (unpaired) electrons. The standard InChI is InChI=1S/C15H26N2O2/c1-14(2,18-3)8-9-19-13-6-7-15(10-13,11-16)17-12-4-5-12/h12-13,17H,4-10H2,1-3H3. The number of ether oxygens (including phenoxy) is 2. The number of hydrogen-bond acceptors (Lipinski definition) is 4. The summed E-state index contributed by atoms with van der Waals surface area (Å²) in [5.41, 5.74) is -0.459. The van der Waals surface area contributed by atoms with Crippen LogP contribution in [0.5, 0.6) is 0 Å². The van der Waals surface area contributed by atoms with Gasteiger partial charge in [0.15, 0.2) is 0 Å². The van der Waals surface area contributed by atoms with Crippen LogP contribution < -0.4 is 5.32 Å². The summed E-state index contributed by atoms with van der Waals surface area (Å²) in [6, 6.07) is 3.06. The molecule has 0 spiro atoms. The summed E-state index contributed by atoms with van der Waals surface area (Å²) in [6.07, 6.45) is 6.27. The van der Waals surface area contributed by atoms with E-state index in [1.165, 1.54) is 12.8 Å². The largest absolute Gasteiger partial charge is 0.379 e. The van der Waals surface area contributed by atoms with E-state index in [1.54, 1.807) is 7.11 Å². The van der Waals surface area contributed by atoms with Gasteiger partial charge >= 0.3 is 0 Å². The maximum absolute atomic E-state index is 9.42. The summed E-state index contributed by atoms with van der Waals surface area (Å²) in [4.78, 5) is 0. The second-order valence-electron chi connectivity index (χ2n) is 6.56. The molecule has 0 aromatic heterocycles. The Hall–Kier alpha value is -0.630. The minimum atomic E-state index is -0.331. The van der Waals surface area contributed by atoms with Crippen LogP contribution in [0.2, 0.25) is 0 Å². The lowest BCUT2D eigenvalue weighted by Gasteiger charge is -2.25. The van der Waals surface area contributed by atoms with Crippen molar-refractivity contribution in [2.75, 3.05) is 13.7 Å². The molecule has 4 heteroatoms. The fraction of sp³-hybridized carbons (Fsp3) is 0.933. The van der Waals surface area contributed by atoms with E-state index in [0.717, 1.165) is 25.7 Å². The number of methoxy groups -OCH3 is 1. The zero-order valence-electron chi connectivity index (χ0n) is 12.4. The van der Waals surface area contributed by atoms with Gasteiger partial charge in [-0.2, -0.15) is 5.26 Å². The van der Waals surface area contributed by atoms with Gasteiger partial charge in [0.1, 0.15) is 5.54 Å². The maximum Gasteiger partial charge on any atom is 0.109 e. The van der Waals surface area contributed by atoms with Crippen LogP contribution in [0.1, 0.15) is 52.4 Å². The molecule has 0 aliphatic heterocycles. The van der Waals surface area contributed by atoms with E-state index < -0.39 is 0 Å². The lowest BCUT2D eigenvalue weighted by molar-refractivity contribution is -0.0261. The molecule has 2 rings (SSSR count). The van der Waals surface area contributed by atoms with E-state index >= 15 is 0 Å². The molecule has 1 N–H and O–H groups in total. The number of hydrogen-bond donors (Lipinski definition) is 1. The summed E-state index contributed by atoms with van der Waals surface area (Å²) in [6.45, 7) is 4.84. The quantitative estimate of drug-likeness (QED) is 0.768. The Labute approximate surface area is 116 Å². The Morgan fingerprint density at radius 3 is 2.68 bits per heavy atom. The fourth-order valence-electron chi connectivity index (χ4n) is 2.60. The summed E-state index contributed by atoms with van der Waals surface area (Å²) < 4.78 is 11.3. The van der Waals surface area contributed by atoms with Crippen molar-refractivity contribution in [1.29, 1.82) is 5.26 Å². The molecular weight excluding hydrogens is 240 g/mol. The molecular formula is C15H26N2O2. The Morgan fingerprint density at radius 2 is 2.11 bits per heavy atom. The number of nitrogens with one attached hydrogen (secondary N) is 1. The maximum atomic E-state index is 9.42. The van der Waals surface area contributed by atoms with Crippen LogP contribution in [-0.2, 0) is 9.47 Å². The van der Waals surface area contributed by atoms with Gasteiger partial charge in [-0.1, -0.05) is 0 Å². The minimum Gasteiger partial charge on any atom is -0.379 e. The first-order chi connectivity index (χ1) is 8.99. The van der Waals surface area contributed by atoms with E-state index in [-0.39, 0.29) is 17.2 Å². The molecule has 0 aromatic rings. The zero-order valence-corrected chi connectivity index (χ0v) is 12.4. The molecule has 2 unspecified atom stereocenters. The van der Waals surface area contributed by atoms with E-state index in [2.05, 4.69) is 25.2 Å². The fourth-order valence-corrected chi connectivity index (χ4v) is 2.60. The third kappa shape index (κ3) is 4.17. The highest BCUT2D eigenvalue weighted by molar-refractivity contribution is 5.14. The number of rotatable bonds is 7. The lowest BCUT2D eigenvalue weighted by Crippen LogP contribution is -2.43. The second kappa shape index (κ2) is 5.78. The summed E-state index contributed by atoms with van der Waals surface area (Å²) in [7, 11) is 1.73. The van der Waals surface area contributed by atoms with Crippen molar-refractivity contribution in [1.82, 2.24) is 5.32 Å². The molecule has 2 aliphatic carbocycles. The van der Waals surface area contributed by atoms with E-state index in [1.807, 2.05) is 0 Å². The molecule has 19 heavy (non-hydrogen) atoms. The van der Waals surface area contributed by atoms with Crippen molar-refractivity contribution in [3.63, 3.8) is 0 Å². The van der Waals surface area contributed by atoms with E-state index in [4.69, 9.17) is 9.47 Å². The van der Waals surface area contributed by atoms with Crippen LogP contribution in [0.15, 0.2) is 0 Å². The highest BCUT2D eigenvalue weighted by Crippen LogP contribution is 2.35. The van der Waals surface area contributed by atoms with Gasteiger partial charge in [0.05, 0.1) is 17.8 Å². The Balaban J connectivity index is 1.73. The van der Waals surface area contributed by atoms with Gasteiger partial charge in [0.2, 0.25) is 0 Å². The minimum absolute atomic E-state index is 0.128. The molecule has 2 atom stereocenters. The highest BCUT2D eigenvalue weighted by Gasteiger charge is 2.43. The smallest absolute Gasteiger partial charge is 0.109 e. The average Bonchev–Trinajstić information content (AvgIpc) is 3.10. The normalized spacial score (nSPS) is 31.4. The SMILES string of the molecule is COC(C)(C)CCOC1CCC(C#N)(NC2CC2)C1. The molecule has 2 saturated carbocycles. The molecule has 2 fully saturated rings. The van der Waals surface area contributed by atoms with Gasteiger partial charge in [-0.3, -0.25) is 5.32 Å². The van der Waals surface area contributed by atoms with Gasteiger partial charge in [0.25, 0.3) is 0 Å². The van der Waals surface area contributed by atoms with Crippen molar-refractivity contribution in [2.45, 2.75) is 75.7 Å². The Kier molecular flexibility index (Phi) is 4.50. The van der Waals surface area contributed by atoms with Crippen molar-refractivity contribution >= 4 is 0 Å². The van der Waals surface area contributed by atoms with Crippen molar-refractivity contribution in [3.8, 4) is 6.07 Å². The van der Waals surface area contributed by atoms with Crippen LogP contribution in [0.25, 0.3) is 0 Å². The Morgan fingerprint density at radius 1 is 1.37 bits per heavy atom. The lowest BCUT2D eigenvalue weighted by atomic mass is 9.99. The summed E-state index contributed by atoms with van der Waals surface area (Å²) >= 11 is 0. The topological polar surface area (TPSA) is 54.3 Å². The number of nitriles is 1. The van der Waals surface area contributed by atoms with Crippen molar-refractivity contribution in [3.05, 3.63) is 0 Å². The predicted octanol–water partition coefficient (Wildman–Crippen LogP) is 2.38. The third-order valence-electron chi connectivity index (χ3n) is 4.35. The summed E-state index contributed by atoms with van der Waals surface area (Å²) in [5, 5.41) is 12.9. The summed E-state index contributed by atoms with van der Waals surface area (Å²) in [5.74, 6) is 0. The third-order valence-corrected chi connectivity index (χ3v) is 4.35. The first-order valence-corrected chi connectivity index (χ1v) is 7.34. The molecule has 0 amide bonds. The number of nitrogens with zero attached hydrogens (tertiary/aromatic N) is 1. The average molecular weight is 266 g/mol.